The van der Waals surface area contributed by atoms with Crippen LogP contribution in [0.15, 0.2) is 24.3 Å². The fraction of sp³-hybridized carbons (Fsp3) is 0.611. The molecule has 2 rings (SSSR count). The van der Waals surface area contributed by atoms with E-state index in [9.17, 15) is 9.90 Å². The highest BCUT2D eigenvalue weighted by atomic mass is 16.5. The first-order valence-corrected chi connectivity index (χ1v) is 8.33. The summed E-state index contributed by atoms with van der Waals surface area (Å²) in [6.45, 7) is 2.12. The zero-order valence-electron chi connectivity index (χ0n) is 14.3. The van der Waals surface area contributed by atoms with E-state index in [0.717, 1.165) is 30.6 Å². The summed E-state index contributed by atoms with van der Waals surface area (Å²) in [5.41, 5.74) is 0.892. The van der Waals surface area contributed by atoms with Crippen molar-refractivity contribution in [3.8, 4) is 5.75 Å². The molecule has 5 heteroatoms. The maximum absolute atomic E-state index is 12.5. The van der Waals surface area contributed by atoms with Crippen molar-refractivity contribution in [3.05, 3.63) is 29.8 Å². The Morgan fingerprint density at radius 3 is 2.65 bits per heavy atom. The van der Waals surface area contributed by atoms with Gasteiger partial charge in [0.1, 0.15) is 5.75 Å². The molecule has 2 N–H and O–H groups in total. The quantitative estimate of drug-likeness (QED) is 0.877. The van der Waals surface area contributed by atoms with Crippen molar-refractivity contribution < 1.29 is 14.6 Å². The van der Waals surface area contributed by atoms with E-state index in [-0.39, 0.29) is 24.7 Å². The molecule has 1 aromatic rings. The molecule has 0 saturated heterocycles. The third kappa shape index (κ3) is 4.61. The van der Waals surface area contributed by atoms with E-state index >= 15 is 0 Å². The molecule has 1 aliphatic carbocycles. The number of carbonyl (C=O) groups is 1. The third-order valence-corrected chi connectivity index (χ3v) is 4.73. The van der Waals surface area contributed by atoms with Crippen molar-refractivity contribution in [2.24, 2.45) is 5.92 Å². The number of likely N-dealkylation sites (N-methyl/N-ethyl adjacent to an activating group) is 1. The molecule has 128 valence electrons. The molecule has 1 fully saturated rings. The van der Waals surface area contributed by atoms with Crippen molar-refractivity contribution in [1.29, 1.82) is 0 Å². The SMILES string of the molecule is COc1ccc(C(CO)N(C)C(=O)NC2CCCC(C)C2)cc1. The molecule has 0 bridgehead atoms. The van der Waals surface area contributed by atoms with E-state index in [1.165, 1.54) is 6.42 Å². The normalized spacial score (nSPS) is 22.3. The van der Waals surface area contributed by atoms with Crippen molar-refractivity contribution in [2.45, 2.75) is 44.7 Å². The molecule has 1 aliphatic rings. The first-order chi connectivity index (χ1) is 11.0. The summed E-state index contributed by atoms with van der Waals surface area (Å²) in [7, 11) is 3.34. The van der Waals surface area contributed by atoms with E-state index in [4.69, 9.17) is 4.74 Å². The Balaban J connectivity index is 1.99. The number of carbonyl (C=O) groups excluding carboxylic acids is 1. The van der Waals surface area contributed by atoms with Crippen LogP contribution in [0.1, 0.15) is 44.2 Å². The maximum Gasteiger partial charge on any atom is 0.317 e. The summed E-state index contributed by atoms with van der Waals surface area (Å²) in [5.74, 6) is 1.42. The van der Waals surface area contributed by atoms with Gasteiger partial charge in [0.2, 0.25) is 0 Å². The minimum Gasteiger partial charge on any atom is -0.497 e. The first kappa shape index (κ1) is 17.6. The lowest BCUT2D eigenvalue weighted by atomic mass is 9.87. The summed E-state index contributed by atoms with van der Waals surface area (Å²) in [6.07, 6.45) is 4.48. The molecule has 3 unspecified atom stereocenters. The lowest BCUT2D eigenvalue weighted by molar-refractivity contribution is 0.144. The van der Waals surface area contributed by atoms with Crippen LogP contribution in [0, 0.1) is 5.92 Å². The van der Waals surface area contributed by atoms with Gasteiger partial charge in [-0.3, -0.25) is 0 Å². The van der Waals surface area contributed by atoms with Crippen LogP contribution in [-0.4, -0.2) is 42.8 Å². The summed E-state index contributed by atoms with van der Waals surface area (Å²) in [5, 5.41) is 12.8. The van der Waals surface area contributed by atoms with Crippen molar-refractivity contribution >= 4 is 6.03 Å². The zero-order valence-corrected chi connectivity index (χ0v) is 14.3. The van der Waals surface area contributed by atoms with Crippen molar-refractivity contribution in [3.63, 3.8) is 0 Å². The molecule has 1 aromatic carbocycles. The van der Waals surface area contributed by atoms with Gasteiger partial charge < -0.3 is 20.1 Å². The number of aliphatic hydroxyl groups excluding tert-OH is 1. The van der Waals surface area contributed by atoms with Gasteiger partial charge in [0.15, 0.2) is 0 Å². The Morgan fingerprint density at radius 1 is 1.39 bits per heavy atom. The predicted molar refractivity (Wildman–Crippen MR) is 90.5 cm³/mol. The van der Waals surface area contributed by atoms with Crippen molar-refractivity contribution in [1.82, 2.24) is 10.2 Å². The Hall–Kier alpha value is -1.75. The van der Waals surface area contributed by atoms with Crippen LogP contribution in [0.3, 0.4) is 0 Å². The Bertz CT molecular complexity index is 503. The molecule has 3 atom stereocenters. The maximum atomic E-state index is 12.5. The van der Waals surface area contributed by atoms with Gasteiger partial charge in [-0.05, 0) is 36.5 Å². The van der Waals surface area contributed by atoms with E-state index in [0.29, 0.717) is 5.92 Å². The van der Waals surface area contributed by atoms with Crippen LogP contribution < -0.4 is 10.1 Å². The number of amides is 2. The van der Waals surface area contributed by atoms with Gasteiger partial charge in [-0.2, -0.15) is 0 Å². The van der Waals surface area contributed by atoms with Crippen LogP contribution in [0.5, 0.6) is 5.75 Å². The number of nitrogens with zero attached hydrogens (tertiary/aromatic N) is 1. The first-order valence-electron chi connectivity index (χ1n) is 8.33. The number of hydrogen-bond donors (Lipinski definition) is 2. The summed E-state index contributed by atoms with van der Waals surface area (Å²) >= 11 is 0. The lowest BCUT2D eigenvalue weighted by Gasteiger charge is -2.32. The Kier molecular flexibility index (Phi) is 6.28. The van der Waals surface area contributed by atoms with Gasteiger partial charge in [-0.15, -0.1) is 0 Å². The number of benzene rings is 1. The molecule has 23 heavy (non-hydrogen) atoms. The van der Waals surface area contributed by atoms with E-state index in [1.807, 2.05) is 24.3 Å². The van der Waals surface area contributed by atoms with Crippen LogP contribution in [0.25, 0.3) is 0 Å². The molecule has 0 radical (unpaired) electrons. The van der Waals surface area contributed by atoms with Gasteiger partial charge in [0.05, 0.1) is 19.8 Å². The lowest BCUT2D eigenvalue weighted by Crippen LogP contribution is -2.46. The second-order valence-corrected chi connectivity index (χ2v) is 6.50. The van der Waals surface area contributed by atoms with Crippen LogP contribution >= 0.6 is 0 Å². The smallest absolute Gasteiger partial charge is 0.317 e. The number of nitrogens with one attached hydrogen (secondary N) is 1. The van der Waals surface area contributed by atoms with Gasteiger partial charge in [-0.25, -0.2) is 4.79 Å². The van der Waals surface area contributed by atoms with Crippen LogP contribution in [0.4, 0.5) is 4.79 Å². The minimum atomic E-state index is -0.359. The molecule has 0 heterocycles. The topological polar surface area (TPSA) is 61.8 Å². The largest absolute Gasteiger partial charge is 0.497 e. The molecule has 1 saturated carbocycles. The second kappa shape index (κ2) is 8.20. The van der Waals surface area contributed by atoms with Crippen LogP contribution in [-0.2, 0) is 0 Å². The van der Waals surface area contributed by atoms with Gasteiger partial charge in [-0.1, -0.05) is 31.9 Å². The highest BCUT2D eigenvalue weighted by Crippen LogP contribution is 2.25. The zero-order chi connectivity index (χ0) is 16.8. The number of aliphatic hydroxyl groups is 1. The molecular weight excluding hydrogens is 292 g/mol. The number of rotatable bonds is 5. The molecular formula is C18H28N2O3. The fourth-order valence-corrected chi connectivity index (χ4v) is 3.26. The highest BCUT2D eigenvalue weighted by molar-refractivity contribution is 5.74. The average Bonchev–Trinajstić information content (AvgIpc) is 2.56. The summed E-state index contributed by atoms with van der Waals surface area (Å²) in [4.78, 5) is 14.1. The number of hydrogen-bond acceptors (Lipinski definition) is 3. The monoisotopic (exact) mass is 320 g/mol. The average molecular weight is 320 g/mol. The second-order valence-electron chi connectivity index (χ2n) is 6.50. The standard InChI is InChI=1S/C18H28N2O3/c1-13-5-4-6-15(11-13)19-18(22)20(2)17(12-21)14-7-9-16(23-3)10-8-14/h7-10,13,15,17,21H,4-6,11-12H2,1-3H3,(H,19,22). The molecule has 5 nitrogen and oxygen atoms in total. The highest BCUT2D eigenvalue weighted by Gasteiger charge is 2.25. The van der Waals surface area contributed by atoms with E-state index in [2.05, 4.69) is 12.2 Å². The predicted octanol–water partition coefficient (Wildman–Crippen LogP) is 2.95. The molecule has 0 aromatic heterocycles. The number of urea groups is 1. The van der Waals surface area contributed by atoms with E-state index < -0.39 is 0 Å². The van der Waals surface area contributed by atoms with Gasteiger partial charge in [0, 0.05) is 13.1 Å². The Labute approximate surface area is 138 Å². The Morgan fingerprint density at radius 2 is 2.09 bits per heavy atom. The minimum absolute atomic E-state index is 0.114. The van der Waals surface area contributed by atoms with E-state index in [1.54, 1.807) is 19.1 Å². The number of ether oxygens (including phenoxy) is 1. The summed E-state index contributed by atoms with van der Waals surface area (Å²) in [6, 6.07) is 7.20. The van der Waals surface area contributed by atoms with Crippen LogP contribution in [0.2, 0.25) is 0 Å². The molecule has 0 spiro atoms. The summed E-state index contributed by atoms with van der Waals surface area (Å²) < 4.78 is 5.15. The molecule has 2 amide bonds. The molecule has 0 aliphatic heterocycles. The fourth-order valence-electron chi connectivity index (χ4n) is 3.26. The van der Waals surface area contributed by atoms with Gasteiger partial charge >= 0.3 is 6.03 Å². The number of methoxy groups -OCH3 is 1. The third-order valence-electron chi connectivity index (χ3n) is 4.73. The van der Waals surface area contributed by atoms with Crippen molar-refractivity contribution in [2.75, 3.05) is 20.8 Å². The van der Waals surface area contributed by atoms with Gasteiger partial charge in [0.25, 0.3) is 0 Å².